The van der Waals surface area contributed by atoms with Crippen LogP contribution < -0.4 is 9.64 Å². The minimum atomic E-state index is -0.412. The summed E-state index contributed by atoms with van der Waals surface area (Å²) in [4.78, 5) is 36.2. The minimum absolute atomic E-state index is 0.0479. The summed E-state index contributed by atoms with van der Waals surface area (Å²) in [5.41, 5.74) is 2.32. The molecule has 1 aliphatic heterocycles. The van der Waals surface area contributed by atoms with Gasteiger partial charge in [-0.05, 0) is 35.9 Å². The van der Waals surface area contributed by atoms with Gasteiger partial charge in [-0.3, -0.25) is 9.59 Å². The van der Waals surface area contributed by atoms with E-state index in [0.717, 1.165) is 11.8 Å². The Balaban J connectivity index is 1.88. The largest absolute Gasteiger partial charge is 0.482 e. The van der Waals surface area contributed by atoms with Gasteiger partial charge in [-0.2, -0.15) is 0 Å². The summed E-state index contributed by atoms with van der Waals surface area (Å²) in [5, 5.41) is 0. The highest BCUT2D eigenvalue weighted by Crippen LogP contribution is 2.33. The number of fused-ring (bicyclic) bond motifs is 1. The number of carbonyl (C=O) groups is 3. The summed E-state index contributed by atoms with van der Waals surface area (Å²) in [5.74, 6) is -0.0426. The molecule has 6 heteroatoms. The summed E-state index contributed by atoms with van der Waals surface area (Å²) in [6.07, 6.45) is 0.725. The summed E-state index contributed by atoms with van der Waals surface area (Å²) < 4.78 is 10.1. The fourth-order valence-electron chi connectivity index (χ4n) is 2.51. The van der Waals surface area contributed by atoms with Crippen LogP contribution in [0.5, 0.6) is 5.75 Å². The standard InChI is InChI=1S/C18H15NO5/c1-23-18(22)14-5-2-12(3-6-14)9-19-15-8-13(10-20)4-7-16(15)24-11-17(19)21/h2-8,10H,9,11H2,1H3. The maximum absolute atomic E-state index is 12.2. The van der Waals surface area contributed by atoms with Gasteiger partial charge >= 0.3 is 5.97 Å². The van der Waals surface area contributed by atoms with E-state index >= 15 is 0 Å². The Hall–Kier alpha value is -3.15. The molecule has 0 aliphatic carbocycles. The number of ether oxygens (including phenoxy) is 2. The van der Waals surface area contributed by atoms with E-state index in [-0.39, 0.29) is 12.5 Å². The van der Waals surface area contributed by atoms with Crippen LogP contribution in [0, 0.1) is 0 Å². The number of anilines is 1. The maximum atomic E-state index is 12.2. The molecule has 1 amide bonds. The highest BCUT2D eigenvalue weighted by molar-refractivity contribution is 5.98. The van der Waals surface area contributed by atoms with Crippen molar-refractivity contribution in [1.82, 2.24) is 0 Å². The van der Waals surface area contributed by atoms with Crippen molar-refractivity contribution in [2.24, 2.45) is 0 Å². The van der Waals surface area contributed by atoms with E-state index in [1.807, 2.05) is 0 Å². The van der Waals surface area contributed by atoms with Crippen molar-refractivity contribution in [3.63, 3.8) is 0 Å². The average Bonchev–Trinajstić information content (AvgIpc) is 2.63. The van der Waals surface area contributed by atoms with Gasteiger partial charge in [-0.25, -0.2) is 4.79 Å². The second kappa shape index (κ2) is 6.54. The van der Waals surface area contributed by atoms with E-state index in [1.165, 1.54) is 7.11 Å². The number of nitrogens with zero attached hydrogens (tertiary/aromatic N) is 1. The Morgan fingerprint density at radius 3 is 2.67 bits per heavy atom. The van der Waals surface area contributed by atoms with Gasteiger partial charge in [0.05, 0.1) is 24.9 Å². The minimum Gasteiger partial charge on any atom is -0.482 e. The lowest BCUT2D eigenvalue weighted by Gasteiger charge is -2.29. The Bertz CT molecular complexity index is 798. The van der Waals surface area contributed by atoms with Crippen molar-refractivity contribution < 1.29 is 23.9 Å². The topological polar surface area (TPSA) is 72.9 Å². The molecular formula is C18H15NO5. The Morgan fingerprint density at radius 2 is 2.00 bits per heavy atom. The van der Waals surface area contributed by atoms with Crippen LogP contribution >= 0.6 is 0 Å². The predicted octanol–water partition coefficient (Wildman–Crippen LogP) is 2.21. The molecule has 1 heterocycles. The third kappa shape index (κ3) is 2.99. The Kier molecular flexibility index (Phi) is 4.29. The van der Waals surface area contributed by atoms with Crippen LogP contribution in [0.2, 0.25) is 0 Å². The van der Waals surface area contributed by atoms with Crippen molar-refractivity contribution in [3.8, 4) is 5.75 Å². The fourth-order valence-corrected chi connectivity index (χ4v) is 2.51. The van der Waals surface area contributed by atoms with Gasteiger partial charge in [0, 0.05) is 5.56 Å². The van der Waals surface area contributed by atoms with Crippen molar-refractivity contribution in [1.29, 1.82) is 0 Å². The number of carbonyl (C=O) groups excluding carboxylic acids is 3. The molecule has 2 aromatic rings. The van der Waals surface area contributed by atoms with Crippen LogP contribution in [0.4, 0.5) is 5.69 Å². The number of hydrogen-bond donors (Lipinski definition) is 0. The second-order valence-corrected chi connectivity index (χ2v) is 5.30. The molecule has 0 atom stereocenters. The van der Waals surface area contributed by atoms with Crippen molar-refractivity contribution in [3.05, 3.63) is 59.2 Å². The van der Waals surface area contributed by atoms with Crippen molar-refractivity contribution >= 4 is 23.9 Å². The molecule has 1 aliphatic rings. The van der Waals surface area contributed by atoms with E-state index in [4.69, 9.17) is 4.74 Å². The second-order valence-electron chi connectivity index (χ2n) is 5.30. The fraction of sp³-hybridized carbons (Fsp3) is 0.167. The van der Waals surface area contributed by atoms with Gasteiger partial charge in [0.15, 0.2) is 6.61 Å². The lowest BCUT2D eigenvalue weighted by Crippen LogP contribution is -2.38. The van der Waals surface area contributed by atoms with E-state index in [9.17, 15) is 14.4 Å². The van der Waals surface area contributed by atoms with Gasteiger partial charge < -0.3 is 14.4 Å². The number of esters is 1. The molecule has 0 N–H and O–H groups in total. The molecule has 3 rings (SSSR count). The summed E-state index contributed by atoms with van der Waals surface area (Å²) in [6, 6.07) is 11.8. The molecule has 0 radical (unpaired) electrons. The predicted molar refractivity (Wildman–Crippen MR) is 86.3 cm³/mol. The highest BCUT2D eigenvalue weighted by Gasteiger charge is 2.26. The lowest BCUT2D eigenvalue weighted by molar-refractivity contribution is -0.121. The SMILES string of the molecule is COC(=O)c1ccc(CN2C(=O)COc3ccc(C=O)cc32)cc1. The van der Waals surface area contributed by atoms with E-state index in [1.54, 1.807) is 47.4 Å². The van der Waals surface area contributed by atoms with Gasteiger partial charge in [0.1, 0.15) is 12.0 Å². The molecule has 122 valence electrons. The Morgan fingerprint density at radius 1 is 1.25 bits per heavy atom. The first kappa shape index (κ1) is 15.7. The smallest absolute Gasteiger partial charge is 0.337 e. The zero-order valence-electron chi connectivity index (χ0n) is 13.0. The molecule has 0 spiro atoms. The molecule has 6 nitrogen and oxygen atoms in total. The zero-order chi connectivity index (χ0) is 17.1. The number of amides is 1. The summed E-state index contributed by atoms with van der Waals surface area (Å²) >= 11 is 0. The van der Waals surface area contributed by atoms with Crippen LogP contribution in [0.25, 0.3) is 0 Å². The molecule has 0 aromatic heterocycles. The van der Waals surface area contributed by atoms with Crippen LogP contribution in [-0.4, -0.2) is 31.9 Å². The van der Waals surface area contributed by atoms with Crippen LogP contribution in [-0.2, 0) is 16.1 Å². The molecule has 24 heavy (non-hydrogen) atoms. The van der Waals surface area contributed by atoms with Gasteiger partial charge in [0.25, 0.3) is 5.91 Å². The summed E-state index contributed by atoms with van der Waals surface area (Å²) in [7, 11) is 1.32. The Labute approximate surface area is 138 Å². The first-order chi connectivity index (χ1) is 11.6. The molecule has 0 fully saturated rings. The van der Waals surface area contributed by atoms with E-state index < -0.39 is 5.97 Å². The zero-order valence-corrected chi connectivity index (χ0v) is 13.0. The quantitative estimate of drug-likeness (QED) is 0.636. The normalized spacial score (nSPS) is 13.0. The van der Waals surface area contributed by atoms with Crippen molar-refractivity contribution in [2.45, 2.75) is 6.54 Å². The van der Waals surface area contributed by atoms with E-state index in [2.05, 4.69) is 4.74 Å². The number of methoxy groups -OCH3 is 1. The van der Waals surface area contributed by atoms with Crippen LogP contribution in [0.1, 0.15) is 26.3 Å². The van der Waals surface area contributed by atoms with Gasteiger partial charge in [0.2, 0.25) is 0 Å². The third-order valence-electron chi connectivity index (χ3n) is 3.78. The van der Waals surface area contributed by atoms with Crippen LogP contribution in [0.15, 0.2) is 42.5 Å². The lowest BCUT2D eigenvalue weighted by atomic mass is 10.1. The highest BCUT2D eigenvalue weighted by atomic mass is 16.5. The molecule has 2 aromatic carbocycles. The summed E-state index contributed by atoms with van der Waals surface area (Å²) in [6.45, 7) is 0.270. The first-order valence-corrected chi connectivity index (χ1v) is 7.32. The molecular weight excluding hydrogens is 310 g/mol. The monoisotopic (exact) mass is 325 g/mol. The van der Waals surface area contributed by atoms with Crippen molar-refractivity contribution in [2.75, 3.05) is 18.6 Å². The van der Waals surface area contributed by atoms with Gasteiger partial charge in [-0.1, -0.05) is 12.1 Å². The molecule has 0 bridgehead atoms. The van der Waals surface area contributed by atoms with E-state index in [0.29, 0.717) is 29.1 Å². The number of benzene rings is 2. The maximum Gasteiger partial charge on any atom is 0.337 e. The number of aldehydes is 1. The van der Waals surface area contributed by atoms with Crippen LogP contribution in [0.3, 0.4) is 0 Å². The average molecular weight is 325 g/mol. The first-order valence-electron chi connectivity index (χ1n) is 7.32. The number of rotatable bonds is 4. The molecule has 0 saturated heterocycles. The number of hydrogen-bond acceptors (Lipinski definition) is 5. The van der Waals surface area contributed by atoms with Gasteiger partial charge in [-0.15, -0.1) is 0 Å². The molecule has 0 unspecified atom stereocenters. The molecule has 0 saturated carbocycles. The third-order valence-corrected chi connectivity index (χ3v) is 3.78.